The van der Waals surface area contributed by atoms with Crippen LogP contribution >= 0.6 is 0 Å². The van der Waals surface area contributed by atoms with Gasteiger partial charge in [-0.05, 0) is 26.4 Å². The number of nitrogens with two attached hydrogens (primary N) is 1. The van der Waals surface area contributed by atoms with Crippen LogP contribution in [0.25, 0.3) is 0 Å². The second-order valence-corrected chi connectivity index (χ2v) is 2.87. The van der Waals surface area contributed by atoms with Crippen molar-refractivity contribution in [1.29, 1.82) is 0 Å². The van der Waals surface area contributed by atoms with Crippen LogP contribution in [-0.4, -0.2) is 30.7 Å². The fourth-order valence-electron chi connectivity index (χ4n) is 1.09. The average Bonchev–Trinajstić information content (AvgIpc) is 2.02. The Labute approximate surface area is 73.1 Å². The summed E-state index contributed by atoms with van der Waals surface area (Å²) < 4.78 is 0. The molecule has 0 aromatic carbocycles. The number of hydrogen-bond donors (Lipinski definition) is 3. The molecule has 0 fully saturated rings. The van der Waals surface area contributed by atoms with Gasteiger partial charge in [-0.15, -0.1) is 0 Å². The van der Waals surface area contributed by atoms with Crippen molar-refractivity contribution in [1.82, 2.24) is 5.32 Å². The SMILES string of the molecule is CN[C@@H](CCCCN)CC(=O)O. The summed E-state index contributed by atoms with van der Waals surface area (Å²) in [6.45, 7) is 0.684. The zero-order valence-electron chi connectivity index (χ0n) is 7.55. The molecular weight excluding hydrogens is 156 g/mol. The molecule has 0 heterocycles. The number of rotatable bonds is 7. The van der Waals surface area contributed by atoms with Crippen LogP contribution in [0.2, 0.25) is 0 Å². The molecule has 0 aromatic heterocycles. The van der Waals surface area contributed by atoms with Crippen molar-refractivity contribution in [3.8, 4) is 0 Å². The van der Waals surface area contributed by atoms with E-state index in [0.29, 0.717) is 6.54 Å². The molecule has 0 aliphatic rings. The first-order valence-electron chi connectivity index (χ1n) is 4.29. The number of unbranched alkanes of at least 4 members (excludes halogenated alkanes) is 1. The Morgan fingerprint density at radius 3 is 2.67 bits per heavy atom. The normalized spacial score (nSPS) is 12.8. The number of hydrogen-bond acceptors (Lipinski definition) is 3. The quantitative estimate of drug-likeness (QED) is 0.481. The molecule has 0 unspecified atom stereocenters. The molecule has 4 N–H and O–H groups in total. The molecule has 4 nitrogen and oxygen atoms in total. The third-order valence-corrected chi connectivity index (χ3v) is 1.84. The minimum absolute atomic E-state index is 0.0917. The third kappa shape index (κ3) is 6.12. The molecule has 1 atom stereocenters. The van der Waals surface area contributed by atoms with Crippen LogP contribution in [-0.2, 0) is 4.79 Å². The van der Waals surface area contributed by atoms with Crippen molar-refractivity contribution in [2.24, 2.45) is 5.73 Å². The van der Waals surface area contributed by atoms with Crippen LogP contribution in [0.5, 0.6) is 0 Å². The number of nitrogens with one attached hydrogen (secondary N) is 1. The Morgan fingerprint density at radius 2 is 2.25 bits per heavy atom. The molecule has 0 aliphatic carbocycles. The van der Waals surface area contributed by atoms with Gasteiger partial charge in [0.15, 0.2) is 0 Å². The molecule has 0 saturated heterocycles. The van der Waals surface area contributed by atoms with Crippen molar-refractivity contribution in [3.63, 3.8) is 0 Å². The van der Waals surface area contributed by atoms with Crippen molar-refractivity contribution in [2.45, 2.75) is 31.7 Å². The third-order valence-electron chi connectivity index (χ3n) is 1.84. The summed E-state index contributed by atoms with van der Waals surface area (Å²) >= 11 is 0. The fraction of sp³-hybridized carbons (Fsp3) is 0.875. The number of aliphatic carboxylic acids is 1. The summed E-state index contributed by atoms with van der Waals surface area (Å²) in [6, 6.07) is 0.0917. The van der Waals surface area contributed by atoms with Gasteiger partial charge < -0.3 is 16.2 Å². The summed E-state index contributed by atoms with van der Waals surface area (Å²) in [5.41, 5.74) is 5.32. The lowest BCUT2D eigenvalue weighted by Gasteiger charge is -2.12. The van der Waals surface area contributed by atoms with E-state index < -0.39 is 5.97 Å². The van der Waals surface area contributed by atoms with Gasteiger partial charge in [0, 0.05) is 6.04 Å². The van der Waals surface area contributed by atoms with Crippen LogP contribution in [0.3, 0.4) is 0 Å². The highest BCUT2D eigenvalue weighted by Crippen LogP contribution is 2.03. The summed E-state index contributed by atoms with van der Waals surface area (Å²) in [5.74, 6) is -0.748. The van der Waals surface area contributed by atoms with Crippen molar-refractivity contribution >= 4 is 5.97 Å². The summed E-state index contributed by atoms with van der Waals surface area (Å²) in [5, 5.41) is 11.5. The van der Waals surface area contributed by atoms with E-state index in [1.165, 1.54) is 0 Å². The lowest BCUT2D eigenvalue weighted by molar-refractivity contribution is -0.137. The molecule has 0 saturated carbocycles. The maximum Gasteiger partial charge on any atom is 0.304 e. The maximum atomic E-state index is 10.3. The van der Waals surface area contributed by atoms with E-state index >= 15 is 0 Å². The van der Waals surface area contributed by atoms with E-state index in [4.69, 9.17) is 10.8 Å². The first kappa shape index (κ1) is 11.4. The number of carboxylic acid groups (broad SMARTS) is 1. The van der Waals surface area contributed by atoms with Crippen LogP contribution in [0.4, 0.5) is 0 Å². The lowest BCUT2D eigenvalue weighted by atomic mass is 10.1. The van der Waals surface area contributed by atoms with Crippen molar-refractivity contribution in [2.75, 3.05) is 13.6 Å². The molecule has 72 valence electrons. The Hall–Kier alpha value is -0.610. The van der Waals surface area contributed by atoms with E-state index in [2.05, 4.69) is 5.32 Å². The second kappa shape index (κ2) is 7.06. The summed E-state index contributed by atoms with van der Waals surface area (Å²) in [6.07, 6.45) is 3.05. The molecule has 0 bridgehead atoms. The molecule has 12 heavy (non-hydrogen) atoms. The summed E-state index contributed by atoms with van der Waals surface area (Å²) in [7, 11) is 1.79. The fourth-order valence-corrected chi connectivity index (χ4v) is 1.09. The molecular formula is C8H18N2O2. The molecule has 0 radical (unpaired) electrons. The highest BCUT2D eigenvalue weighted by Gasteiger charge is 2.09. The minimum atomic E-state index is -0.748. The van der Waals surface area contributed by atoms with Crippen LogP contribution < -0.4 is 11.1 Å². The highest BCUT2D eigenvalue weighted by atomic mass is 16.4. The van der Waals surface area contributed by atoms with Gasteiger partial charge in [0.1, 0.15) is 0 Å². The van der Waals surface area contributed by atoms with Gasteiger partial charge in [-0.2, -0.15) is 0 Å². The Balaban J connectivity index is 3.46. The van der Waals surface area contributed by atoms with Gasteiger partial charge in [-0.3, -0.25) is 4.79 Å². The molecule has 0 aromatic rings. The van der Waals surface area contributed by atoms with Gasteiger partial charge in [-0.1, -0.05) is 6.42 Å². The highest BCUT2D eigenvalue weighted by molar-refractivity contribution is 5.67. The van der Waals surface area contributed by atoms with Crippen LogP contribution in [0.1, 0.15) is 25.7 Å². The largest absolute Gasteiger partial charge is 0.481 e. The second-order valence-electron chi connectivity index (χ2n) is 2.87. The monoisotopic (exact) mass is 174 g/mol. The van der Waals surface area contributed by atoms with Gasteiger partial charge in [0.2, 0.25) is 0 Å². The number of carbonyl (C=O) groups is 1. The predicted octanol–water partition coefficient (Wildman–Crippen LogP) is 0.178. The summed E-state index contributed by atoms with van der Waals surface area (Å²) in [4.78, 5) is 10.3. The smallest absolute Gasteiger partial charge is 0.304 e. The van der Waals surface area contributed by atoms with Crippen molar-refractivity contribution in [3.05, 3.63) is 0 Å². The van der Waals surface area contributed by atoms with Gasteiger partial charge >= 0.3 is 5.97 Å². The van der Waals surface area contributed by atoms with Gasteiger partial charge in [0.05, 0.1) is 6.42 Å². The number of carboxylic acids is 1. The first-order valence-corrected chi connectivity index (χ1v) is 4.29. The maximum absolute atomic E-state index is 10.3. The molecule has 0 aliphatic heterocycles. The molecule has 0 rings (SSSR count). The zero-order valence-corrected chi connectivity index (χ0v) is 7.55. The van der Waals surface area contributed by atoms with Crippen LogP contribution in [0.15, 0.2) is 0 Å². The Kier molecular flexibility index (Phi) is 6.70. The lowest BCUT2D eigenvalue weighted by Crippen LogP contribution is -2.28. The minimum Gasteiger partial charge on any atom is -0.481 e. The van der Waals surface area contributed by atoms with E-state index in [9.17, 15) is 4.79 Å². The van der Waals surface area contributed by atoms with E-state index in [-0.39, 0.29) is 12.5 Å². The molecule has 4 heteroatoms. The van der Waals surface area contributed by atoms with E-state index in [1.54, 1.807) is 7.05 Å². The average molecular weight is 174 g/mol. The standard InChI is InChI=1S/C8H18N2O2/c1-10-7(6-8(11)12)4-2-3-5-9/h7,10H,2-6,9H2,1H3,(H,11,12)/t7-/m0/s1. The molecule has 0 spiro atoms. The van der Waals surface area contributed by atoms with E-state index in [1.807, 2.05) is 0 Å². The Bertz CT molecular complexity index is 128. The Morgan fingerprint density at radius 1 is 1.58 bits per heavy atom. The van der Waals surface area contributed by atoms with Gasteiger partial charge in [0.25, 0.3) is 0 Å². The molecule has 0 amide bonds. The predicted molar refractivity (Wildman–Crippen MR) is 48.0 cm³/mol. The van der Waals surface area contributed by atoms with Crippen LogP contribution in [0, 0.1) is 0 Å². The van der Waals surface area contributed by atoms with E-state index in [0.717, 1.165) is 19.3 Å². The van der Waals surface area contributed by atoms with Crippen molar-refractivity contribution < 1.29 is 9.90 Å². The zero-order chi connectivity index (χ0) is 9.40. The first-order chi connectivity index (χ1) is 5.70. The topological polar surface area (TPSA) is 75.3 Å². The van der Waals surface area contributed by atoms with Gasteiger partial charge in [-0.25, -0.2) is 0 Å².